The van der Waals surface area contributed by atoms with Gasteiger partial charge in [0, 0.05) is 26.2 Å². The molecule has 0 radical (unpaired) electrons. The molecule has 2 heterocycles. The average molecular weight is 330 g/mol. The van der Waals surface area contributed by atoms with Crippen molar-refractivity contribution in [3.63, 3.8) is 0 Å². The zero-order chi connectivity index (χ0) is 16.2. The number of hydrogen-bond acceptors (Lipinski definition) is 4. The van der Waals surface area contributed by atoms with E-state index in [-0.39, 0.29) is 11.8 Å². The highest BCUT2D eigenvalue weighted by molar-refractivity contribution is 7.12. The highest BCUT2D eigenvalue weighted by atomic mass is 32.1. The lowest BCUT2D eigenvalue weighted by Crippen LogP contribution is -2.50. The van der Waals surface area contributed by atoms with E-state index in [1.54, 1.807) is 29.0 Å². The third-order valence-electron chi connectivity index (χ3n) is 3.92. The second kappa shape index (κ2) is 6.83. The van der Waals surface area contributed by atoms with Gasteiger partial charge in [0.15, 0.2) is 0 Å². The minimum absolute atomic E-state index is 0.0457. The number of nitrogens with zero attached hydrogens (tertiary/aromatic N) is 2. The lowest BCUT2D eigenvalue weighted by molar-refractivity contribution is 0.0536. The molecule has 0 bridgehead atoms. The first-order valence-corrected chi connectivity index (χ1v) is 8.33. The van der Waals surface area contributed by atoms with Crippen molar-refractivity contribution in [2.75, 3.05) is 33.3 Å². The van der Waals surface area contributed by atoms with Crippen LogP contribution in [0, 0.1) is 0 Å². The number of hydrogen-bond donors (Lipinski definition) is 0. The number of para-hydroxylation sites is 1. The maximum absolute atomic E-state index is 12.6. The van der Waals surface area contributed by atoms with Gasteiger partial charge >= 0.3 is 0 Å². The van der Waals surface area contributed by atoms with Gasteiger partial charge in [-0.1, -0.05) is 18.2 Å². The van der Waals surface area contributed by atoms with Gasteiger partial charge in [0.1, 0.15) is 5.75 Å². The molecule has 3 rings (SSSR count). The second-order valence-corrected chi connectivity index (χ2v) is 6.21. The summed E-state index contributed by atoms with van der Waals surface area (Å²) in [4.78, 5) is 29.3. The summed E-state index contributed by atoms with van der Waals surface area (Å²) >= 11 is 1.45. The molecule has 0 spiro atoms. The first-order valence-electron chi connectivity index (χ1n) is 7.46. The molecule has 5 nitrogen and oxygen atoms in total. The van der Waals surface area contributed by atoms with Crippen LogP contribution in [-0.4, -0.2) is 54.9 Å². The summed E-state index contributed by atoms with van der Waals surface area (Å²) in [7, 11) is 1.56. The Morgan fingerprint density at radius 2 is 1.61 bits per heavy atom. The summed E-state index contributed by atoms with van der Waals surface area (Å²) in [5.41, 5.74) is 0.563. The van der Waals surface area contributed by atoms with Gasteiger partial charge in [0.25, 0.3) is 11.8 Å². The molecule has 1 fully saturated rings. The number of carbonyl (C=O) groups excluding carboxylic acids is 2. The minimum Gasteiger partial charge on any atom is -0.496 e. The zero-order valence-electron chi connectivity index (χ0n) is 12.9. The smallest absolute Gasteiger partial charge is 0.264 e. The molecule has 1 aliphatic heterocycles. The molecule has 2 aromatic rings. The van der Waals surface area contributed by atoms with Gasteiger partial charge in [-0.2, -0.15) is 0 Å². The van der Waals surface area contributed by atoms with Gasteiger partial charge in [-0.05, 0) is 23.6 Å². The maximum atomic E-state index is 12.6. The largest absolute Gasteiger partial charge is 0.496 e. The normalized spacial score (nSPS) is 14.7. The molecule has 0 atom stereocenters. The monoisotopic (exact) mass is 330 g/mol. The van der Waals surface area contributed by atoms with Crippen LogP contribution in [0.1, 0.15) is 20.0 Å². The molecule has 1 aliphatic rings. The van der Waals surface area contributed by atoms with Crippen molar-refractivity contribution in [2.24, 2.45) is 0 Å². The molecule has 0 unspecified atom stereocenters. The van der Waals surface area contributed by atoms with Crippen LogP contribution in [0.5, 0.6) is 5.75 Å². The van der Waals surface area contributed by atoms with E-state index < -0.39 is 0 Å². The van der Waals surface area contributed by atoms with Gasteiger partial charge in [-0.3, -0.25) is 9.59 Å². The Hall–Kier alpha value is -2.34. The predicted molar refractivity (Wildman–Crippen MR) is 89.1 cm³/mol. The van der Waals surface area contributed by atoms with Crippen LogP contribution in [0.2, 0.25) is 0 Å². The highest BCUT2D eigenvalue weighted by Gasteiger charge is 2.27. The Bertz CT molecular complexity index is 692. The summed E-state index contributed by atoms with van der Waals surface area (Å²) in [5.74, 6) is 0.574. The summed E-state index contributed by atoms with van der Waals surface area (Å²) in [6.07, 6.45) is 0. The minimum atomic E-state index is -0.0503. The first-order chi connectivity index (χ1) is 11.2. The van der Waals surface area contributed by atoms with Gasteiger partial charge in [-0.25, -0.2) is 0 Å². The molecule has 23 heavy (non-hydrogen) atoms. The van der Waals surface area contributed by atoms with E-state index in [1.807, 2.05) is 29.6 Å². The Kier molecular flexibility index (Phi) is 4.62. The fraction of sp³-hybridized carbons (Fsp3) is 0.294. The number of piperazine rings is 1. The Morgan fingerprint density at radius 3 is 2.22 bits per heavy atom. The average Bonchev–Trinajstić information content (AvgIpc) is 3.15. The molecule has 0 aliphatic carbocycles. The zero-order valence-corrected chi connectivity index (χ0v) is 13.7. The third-order valence-corrected chi connectivity index (χ3v) is 4.78. The standard InChI is InChI=1S/C17H18N2O3S/c1-22-14-6-3-2-5-13(14)16(20)18-8-10-19(11-9-18)17(21)15-7-4-12-23-15/h2-7,12H,8-11H2,1H3. The van der Waals surface area contributed by atoms with E-state index in [1.165, 1.54) is 11.3 Å². The predicted octanol–water partition coefficient (Wildman–Crippen LogP) is 2.35. The SMILES string of the molecule is COc1ccccc1C(=O)N1CCN(C(=O)c2cccs2)CC1. The van der Waals surface area contributed by atoms with E-state index in [2.05, 4.69) is 0 Å². The molecule has 1 aromatic carbocycles. The van der Waals surface area contributed by atoms with Gasteiger partial charge < -0.3 is 14.5 Å². The Balaban J connectivity index is 1.65. The number of benzene rings is 1. The fourth-order valence-electron chi connectivity index (χ4n) is 2.66. The van der Waals surface area contributed by atoms with Crippen molar-refractivity contribution in [1.82, 2.24) is 9.80 Å². The van der Waals surface area contributed by atoms with E-state index in [9.17, 15) is 9.59 Å². The van der Waals surface area contributed by atoms with Crippen LogP contribution >= 0.6 is 11.3 Å². The third kappa shape index (κ3) is 3.22. The lowest BCUT2D eigenvalue weighted by Gasteiger charge is -2.34. The molecule has 1 aromatic heterocycles. The van der Waals surface area contributed by atoms with Crippen molar-refractivity contribution in [3.05, 3.63) is 52.2 Å². The van der Waals surface area contributed by atoms with Crippen molar-refractivity contribution in [1.29, 1.82) is 0 Å². The van der Waals surface area contributed by atoms with Crippen LogP contribution in [-0.2, 0) is 0 Å². The molecule has 0 saturated carbocycles. The van der Waals surface area contributed by atoms with E-state index in [0.717, 1.165) is 4.88 Å². The van der Waals surface area contributed by atoms with Gasteiger partial charge in [-0.15, -0.1) is 11.3 Å². The van der Waals surface area contributed by atoms with Gasteiger partial charge in [0.2, 0.25) is 0 Å². The van der Waals surface area contributed by atoms with Crippen LogP contribution in [0.15, 0.2) is 41.8 Å². The van der Waals surface area contributed by atoms with Crippen molar-refractivity contribution >= 4 is 23.2 Å². The summed E-state index contributed by atoms with van der Waals surface area (Å²) in [6.45, 7) is 2.18. The van der Waals surface area contributed by atoms with Crippen molar-refractivity contribution < 1.29 is 14.3 Å². The fourth-order valence-corrected chi connectivity index (χ4v) is 3.35. The molecular formula is C17H18N2O3S. The number of ether oxygens (including phenoxy) is 1. The molecule has 6 heteroatoms. The van der Waals surface area contributed by atoms with Crippen LogP contribution in [0.25, 0.3) is 0 Å². The highest BCUT2D eigenvalue weighted by Crippen LogP contribution is 2.21. The number of methoxy groups -OCH3 is 1. The number of carbonyl (C=O) groups is 2. The molecule has 0 N–H and O–H groups in total. The quantitative estimate of drug-likeness (QED) is 0.868. The van der Waals surface area contributed by atoms with Crippen LogP contribution < -0.4 is 4.74 Å². The van der Waals surface area contributed by atoms with E-state index >= 15 is 0 Å². The van der Waals surface area contributed by atoms with Crippen molar-refractivity contribution in [3.8, 4) is 5.75 Å². The maximum Gasteiger partial charge on any atom is 0.264 e. The summed E-state index contributed by atoms with van der Waals surface area (Å²) in [6, 6.07) is 10.9. The second-order valence-electron chi connectivity index (χ2n) is 5.26. The Morgan fingerprint density at radius 1 is 0.957 bits per heavy atom. The topological polar surface area (TPSA) is 49.9 Å². The van der Waals surface area contributed by atoms with Crippen molar-refractivity contribution in [2.45, 2.75) is 0 Å². The Labute approximate surface area is 139 Å². The van der Waals surface area contributed by atoms with Crippen LogP contribution in [0.4, 0.5) is 0 Å². The molecular weight excluding hydrogens is 312 g/mol. The molecule has 120 valence electrons. The summed E-state index contributed by atoms with van der Waals surface area (Å²) in [5, 5.41) is 1.90. The van der Waals surface area contributed by atoms with Gasteiger partial charge in [0.05, 0.1) is 17.6 Å². The lowest BCUT2D eigenvalue weighted by atomic mass is 10.1. The number of thiophene rings is 1. The molecule has 2 amide bonds. The van der Waals surface area contributed by atoms with E-state index in [4.69, 9.17) is 4.74 Å². The number of rotatable bonds is 3. The van der Waals surface area contributed by atoms with Crippen LogP contribution in [0.3, 0.4) is 0 Å². The summed E-state index contributed by atoms with van der Waals surface area (Å²) < 4.78 is 5.25. The molecule has 1 saturated heterocycles. The first kappa shape index (κ1) is 15.6. The van der Waals surface area contributed by atoms with E-state index in [0.29, 0.717) is 37.5 Å². The number of amides is 2.